The van der Waals surface area contributed by atoms with Crippen LogP contribution in [0.25, 0.3) is 10.9 Å². The molecule has 1 aliphatic heterocycles. The summed E-state index contributed by atoms with van der Waals surface area (Å²) in [6.07, 6.45) is 0.795. The number of carbonyl (C=O) groups is 2. The molecule has 1 fully saturated rings. The van der Waals surface area contributed by atoms with E-state index in [4.69, 9.17) is 0 Å². The predicted molar refractivity (Wildman–Crippen MR) is 99.7 cm³/mol. The van der Waals surface area contributed by atoms with Crippen LogP contribution in [0.5, 0.6) is 0 Å². The zero-order chi connectivity index (χ0) is 18.8. The summed E-state index contributed by atoms with van der Waals surface area (Å²) in [5, 5.41) is 3.35. The molecule has 8 heteroatoms. The largest absolute Gasteiger partial charge is 0.352 e. The smallest absolute Gasteiger partial charge is 0.256 e. The quantitative estimate of drug-likeness (QED) is 0.855. The Kier molecular flexibility index (Phi) is 5.31. The first-order chi connectivity index (χ1) is 12.4. The fourth-order valence-electron chi connectivity index (χ4n) is 2.87. The number of thioether (sulfide) groups is 1. The number of nitrogens with zero attached hydrogens (tertiary/aromatic N) is 1. The Labute approximate surface area is 154 Å². The van der Waals surface area contributed by atoms with Gasteiger partial charge in [-0.3, -0.25) is 14.4 Å². The normalized spacial score (nSPS) is 18.1. The highest BCUT2D eigenvalue weighted by atomic mass is 32.2. The second kappa shape index (κ2) is 7.49. The van der Waals surface area contributed by atoms with Crippen molar-refractivity contribution in [3.8, 4) is 0 Å². The van der Waals surface area contributed by atoms with Gasteiger partial charge in [0.25, 0.3) is 5.91 Å². The first kappa shape index (κ1) is 18.4. The number of rotatable bonds is 4. The average molecular weight is 377 g/mol. The number of amides is 2. The van der Waals surface area contributed by atoms with Crippen LogP contribution in [0.4, 0.5) is 4.39 Å². The molecule has 0 unspecified atom stereocenters. The number of pyridine rings is 1. The van der Waals surface area contributed by atoms with Crippen molar-refractivity contribution < 1.29 is 14.0 Å². The van der Waals surface area contributed by atoms with E-state index in [0.29, 0.717) is 17.0 Å². The van der Waals surface area contributed by atoms with Gasteiger partial charge in [-0.25, -0.2) is 4.39 Å². The number of nitrogens with one attached hydrogen (secondary N) is 2. The average Bonchev–Trinajstić information content (AvgIpc) is 3.09. The Morgan fingerprint density at radius 2 is 2.19 bits per heavy atom. The van der Waals surface area contributed by atoms with Gasteiger partial charge in [-0.1, -0.05) is 6.92 Å². The fraction of sp³-hybridized carbons (Fsp3) is 0.389. The summed E-state index contributed by atoms with van der Waals surface area (Å²) in [6.45, 7) is 3.88. The minimum atomic E-state index is -0.587. The lowest BCUT2D eigenvalue weighted by atomic mass is 10.1. The summed E-state index contributed by atoms with van der Waals surface area (Å²) in [4.78, 5) is 41.5. The second-order valence-corrected chi connectivity index (χ2v) is 7.35. The molecule has 0 aliphatic carbocycles. The summed E-state index contributed by atoms with van der Waals surface area (Å²) in [5.74, 6) is -0.225. The van der Waals surface area contributed by atoms with Gasteiger partial charge in [0.15, 0.2) is 0 Å². The van der Waals surface area contributed by atoms with Crippen molar-refractivity contribution in [2.45, 2.75) is 32.4 Å². The molecule has 1 aromatic carbocycles. The molecule has 3 rings (SSSR count). The number of carbonyl (C=O) groups excluding carboxylic acids is 2. The van der Waals surface area contributed by atoms with Crippen molar-refractivity contribution in [1.82, 2.24) is 15.2 Å². The van der Waals surface area contributed by atoms with Gasteiger partial charge in [0.05, 0.1) is 17.0 Å². The Hall–Kier alpha value is -2.35. The summed E-state index contributed by atoms with van der Waals surface area (Å²) in [5.41, 5.74) is -0.0557. The van der Waals surface area contributed by atoms with E-state index in [2.05, 4.69) is 10.3 Å². The lowest BCUT2D eigenvalue weighted by Gasteiger charge is -2.25. The highest BCUT2D eigenvalue weighted by Gasteiger charge is 2.36. The van der Waals surface area contributed by atoms with Crippen molar-refractivity contribution >= 4 is 34.5 Å². The molecule has 2 atom stereocenters. The Balaban J connectivity index is 1.95. The zero-order valence-electron chi connectivity index (χ0n) is 14.5. The molecule has 1 aromatic heterocycles. The van der Waals surface area contributed by atoms with Gasteiger partial charge in [-0.2, -0.15) is 0 Å². The van der Waals surface area contributed by atoms with Crippen molar-refractivity contribution in [2.24, 2.45) is 0 Å². The minimum absolute atomic E-state index is 0.0217. The van der Waals surface area contributed by atoms with E-state index >= 15 is 0 Å². The van der Waals surface area contributed by atoms with Crippen LogP contribution in [0.1, 0.15) is 30.6 Å². The standard InChI is InChI=1S/C18H20FN3O3S/c1-3-10(2)20-17(24)15-8-26-9-22(15)18(25)13-7-16(23)21-14-6-11(19)4-5-12(13)14/h4-7,10,15H,3,8-9H2,1-2H3,(H,20,24)(H,21,23)/t10-,15-/m0/s1. The van der Waals surface area contributed by atoms with E-state index < -0.39 is 23.3 Å². The van der Waals surface area contributed by atoms with Gasteiger partial charge in [0, 0.05) is 23.2 Å². The van der Waals surface area contributed by atoms with E-state index in [9.17, 15) is 18.8 Å². The predicted octanol–water partition coefficient (Wildman–Crippen LogP) is 2.10. The minimum Gasteiger partial charge on any atom is -0.352 e. The lowest BCUT2D eigenvalue weighted by molar-refractivity contribution is -0.125. The maximum absolute atomic E-state index is 13.5. The summed E-state index contributed by atoms with van der Waals surface area (Å²) < 4.78 is 13.5. The van der Waals surface area contributed by atoms with Gasteiger partial charge < -0.3 is 15.2 Å². The SMILES string of the molecule is CC[C@H](C)NC(=O)[C@@H]1CSCN1C(=O)c1cc(=O)[nH]c2cc(F)ccc12. The maximum Gasteiger partial charge on any atom is 0.256 e. The molecule has 0 spiro atoms. The molecule has 0 bridgehead atoms. The molecule has 0 saturated carbocycles. The fourth-order valence-corrected chi connectivity index (χ4v) is 4.02. The molecule has 138 valence electrons. The molecule has 2 amide bonds. The third-order valence-corrected chi connectivity index (χ3v) is 5.49. The van der Waals surface area contributed by atoms with Crippen LogP contribution < -0.4 is 10.9 Å². The van der Waals surface area contributed by atoms with Gasteiger partial charge in [-0.05, 0) is 31.5 Å². The highest BCUT2D eigenvalue weighted by molar-refractivity contribution is 7.99. The first-order valence-corrected chi connectivity index (χ1v) is 9.58. The number of hydrogen-bond donors (Lipinski definition) is 2. The monoisotopic (exact) mass is 377 g/mol. The van der Waals surface area contributed by atoms with E-state index in [1.54, 1.807) is 0 Å². The van der Waals surface area contributed by atoms with E-state index in [1.165, 1.54) is 40.9 Å². The Morgan fingerprint density at radius 3 is 2.92 bits per heavy atom. The highest BCUT2D eigenvalue weighted by Crippen LogP contribution is 2.26. The van der Waals surface area contributed by atoms with Crippen LogP contribution in [0, 0.1) is 5.82 Å². The molecule has 2 N–H and O–H groups in total. The summed E-state index contributed by atoms with van der Waals surface area (Å²) in [7, 11) is 0. The molecule has 1 saturated heterocycles. The van der Waals surface area contributed by atoms with E-state index in [1.807, 2.05) is 13.8 Å². The molecular weight excluding hydrogens is 357 g/mol. The van der Waals surface area contributed by atoms with Crippen LogP contribution >= 0.6 is 11.8 Å². The summed E-state index contributed by atoms with van der Waals surface area (Å²) in [6, 6.07) is 4.52. The number of hydrogen-bond acceptors (Lipinski definition) is 4. The van der Waals surface area contributed by atoms with E-state index in [-0.39, 0.29) is 23.0 Å². The number of aromatic nitrogens is 1. The molecule has 2 aromatic rings. The van der Waals surface area contributed by atoms with Crippen molar-refractivity contribution in [3.63, 3.8) is 0 Å². The van der Waals surface area contributed by atoms with Crippen molar-refractivity contribution in [2.75, 3.05) is 11.6 Å². The maximum atomic E-state index is 13.5. The molecule has 0 radical (unpaired) electrons. The molecular formula is C18H20FN3O3S. The van der Waals surface area contributed by atoms with Crippen molar-refractivity contribution in [3.05, 3.63) is 46.0 Å². The molecule has 1 aliphatic rings. The number of halogens is 1. The number of benzene rings is 1. The topological polar surface area (TPSA) is 82.3 Å². The number of fused-ring (bicyclic) bond motifs is 1. The molecule has 6 nitrogen and oxygen atoms in total. The van der Waals surface area contributed by atoms with E-state index in [0.717, 1.165) is 6.42 Å². The van der Waals surface area contributed by atoms with Gasteiger partial charge in [-0.15, -0.1) is 11.8 Å². The Morgan fingerprint density at radius 1 is 1.42 bits per heavy atom. The van der Waals surface area contributed by atoms with Crippen LogP contribution in [0.2, 0.25) is 0 Å². The third-order valence-electron chi connectivity index (χ3n) is 4.48. The van der Waals surface area contributed by atoms with Crippen LogP contribution in [0.15, 0.2) is 29.1 Å². The molecule has 2 heterocycles. The Bertz CT molecular complexity index is 914. The summed E-state index contributed by atoms with van der Waals surface area (Å²) >= 11 is 1.49. The number of aromatic amines is 1. The van der Waals surface area contributed by atoms with Crippen LogP contribution in [-0.4, -0.2) is 45.4 Å². The van der Waals surface area contributed by atoms with Crippen LogP contribution in [-0.2, 0) is 4.79 Å². The third kappa shape index (κ3) is 3.60. The lowest BCUT2D eigenvalue weighted by Crippen LogP contribution is -2.49. The number of H-pyrrole nitrogens is 1. The zero-order valence-corrected chi connectivity index (χ0v) is 15.4. The van der Waals surface area contributed by atoms with Gasteiger partial charge in [0.2, 0.25) is 11.5 Å². The second-order valence-electron chi connectivity index (χ2n) is 6.35. The van der Waals surface area contributed by atoms with Crippen LogP contribution in [0.3, 0.4) is 0 Å². The van der Waals surface area contributed by atoms with Crippen molar-refractivity contribution in [1.29, 1.82) is 0 Å². The van der Waals surface area contributed by atoms with Gasteiger partial charge >= 0.3 is 0 Å². The first-order valence-electron chi connectivity index (χ1n) is 8.42. The van der Waals surface area contributed by atoms with Gasteiger partial charge in [0.1, 0.15) is 11.9 Å². The molecule has 26 heavy (non-hydrogen) atoms.